The van der Waals surface area contributed by atoms with Gasteiger partial charge in [0.15, 0.2) is 5.82 Å². The lowest BCUT2D eigenvalue weighted by atomic mass is 10.2. The van der Waals surface area contributed by atoms with Gasteiger partial charge in [0.2, 0.25) is 5.91 Å². The number of nitrogens with zero attached hydrogens (tertiary/aromatic N) is 4. The van der Waals surface area contributed by atoms with Crippen LogP contribution in [0.15, 0.2) is 30.7 Å². The van der Waals surface area contributed by atoms with Gasteiger partial charge < -0.3 is 10.4 Å². The summed E-state index contributed by atoms with van der Waals surface area (Å²) >= 11 is 0. The van der Waals surface area contributed by atoms with Gasteiger partial charge in [-0.15, -0.1) is 5.10 Å². The van der Waals surface area contributed by atoms with Gasteiger partial charge in [-0.2, -0.15) is 0 Å². The van der Waals surface area contributed by atoms with Gasteiger partial charge in [0.1, 0.15) is 6.54 Å². The Morgan fingerprint density at radius 3 is 2.95 bits per heavy atom. The van der Waals surface area contributed by atoms with E-state index < -0.39 is 5.97 Å². The van der Waals surface area contributed by atoms with Crippen molar-refractivity contribution in [1.82, 2.24) is 20.0 Å². The highest BCUT2D eigenvalue weighted by molar-refractivity contribution is 5.91. The molecule has 2 aromatic rings. The van der Waals surface area contributed by atoms with E-state index in [4.69, 9.17) is 5.11 Å². The van der Waals surface area contributed by atoms with Gasteiger partial charge in [0.25, 0.3) is 0 Å². The fourth-order valence-corrected chi connectivity index (χ4v) is 1.45. The molecule has 8 nitrogen and oxygen atoms in total. The summed E-state index contributed by atoms with van der Waals surface area (Å²) in [4.78, 5) is 26.0. The average molecular weight is 261 g/mol. The molecule has 0 fully saturated rings. The molecule has 0 unspecified atom stereocenters. The van der Waals surface area contributed by atoms with Gasteiger partial charge >= 0.3 is 5.97 Å². The third-order valence-corrected chi connectivity index (χ3v) is 2.19. The van der Waals surface area contributed by atoms with E-state index >= 15 is 0 Å². The van der Waals surface area contributed by atoms with E-state index in [1.54, 1.807) is 24.5 Å². The number of nitrogens with one attached hydrogen (secondary N) is 1. The summed E-state index contributed by atoms with van der Waals surface area (Å²) in [5.74, 6) is -1.08. The van der Waals surface area contributed by atoms with Crippen LogP contribution in [0.5, 0.6) is 0 Å². The monoisotopic (exact) mass is 261 g/mol. The minimum Gasteiger partial charge on any atom is -0.480 e. The van der Waals surface area contributed by atoms with E-state index in [0.717, 1.165) is 10.2 Å². The van der Waals surface area contributed by atoms with Crippen molar-refractivity contribution in [2.75, 3.05) is 5.32 Å². The molecule has 8 heteroatoms. The van der Waals surface area contributed by atoms with Crippen molar-refractivity contribution in [2.45, 2.75) is 13.0 Å². The van der Waals surface area contributed by atoms with Crippen molar-refractivity contribution in [3.8, 4) is 0 Å². The lowest BCUT2D eigenvalue weighted by Gasteiger charge is -2.00. The lowest BCUT2D eigenvalue weighted by molar-refractivity contribution is -0.137. The highest BCUT2D eigenvalue weighted by atomic mass is 16.4. The molecule has 0 aliphatic rings. The summed E-state index contributed by atoms with van der Waals surface area (Å²) in [5.41, 5.74) is 0.776. The summed E-state index contributed by atoms with van der Waals surface area (Å²) in [6, 6.07) is 3.53. The maximum Gasteiger partial charge on any atom is 0.325 e. The number of anilines is 1. The molecule has 0 saturated carbocycles. The normalized spacial score (nSPS) is 10.1. The van der Waals surface area contributed by atoms with Gasteiger partial charge in [-0.3, -0.25) is 14.6 Å². The zero-order valence-electron chi connectivity index (χ0n) is 9.85. The molecule has 0 aliphatic carbocycles. The number of carboxylic acid groups (broad SMARTS) is 1. The first-order valence-electron chi connectivity index (χ1n) is 5.44. The minimum absolute atomic E-state index is 0.166. The number of amides is 1. The van der Waals surface area contributed by atoms with Gasteiger partial charge in [-0.25, -0.2) is 4.68 Å². The summed E-state index contributed by atoms with van der Waals surface area (Å²) in [7, 11) is 0. The van der Waals surface area contributed by atoms with Crippen molar-refractivity contribution < 1.29 is 14.7 Å². The van der Waals surface area contributed by atoms with E-state index in [2.05, 4.69) is 20.6 Å². The Morgan fingerprint density at radius 2 is 2.26 bits per heavy atom. The molecule has 98 valence electrons. The second kappa shape index (κ2) is 5.71. The largest absolute Gasteiger partial charge is 0.480 e. The Balaban J connectivity index is 1.92. The summed E-state index contributed by atoms with van der Waals surface area (Å²) in [5, 5.41) is 18.3. The van der Waals surface area contributed by atoms with Crippen molar-refractivity contribution in [3.05, 3.63) is 36.3 Å². The van der Waals surface area contributed by atoms with Crippen molar-refractivity contribution in [2.24, 2.45) is 0 Å². The molecule has 2 rings (SSSR count). The summed E-state index contributed by atoms with van der Waals surface area (Å²) in [6.45, 7) is -0.300. The standard InChI is InChI=1S/C11H11N5O3/c17-10(4-8-2-1-3-12-5-8)13-9-6-16(15-14-9)7-11(18)19/h1-3,5-6H,4,7H2,(H,13,17)(H,18,19). The Kier molecular flexibility index (Phi) is 3.81. The lowest BCUT2D eigenvalue weighted by Crippen LogP contribution is -2.14. The van der Waals surface area contributed by atoms with Crippen LogP contribution < -0.4 is 5.32 Å². The molecule has 19 heavy (non-hydrogen) atoms. The average Bonchev–Trinajstić information content (AvgIpc) is 2.76. The maximum absolute atomic E-state index is 11.7. The van der Waals surface area contributed by atoms with Crippen LogP contribution in [0, 0.1) is 0 Å². The molecular weight excluding hydrogens is 250 g/mol. The molecule has 2 aromatic heterocycles. The number of carboxylic acids is 1. The zero-order valence-corrected chi connectivity index (χ0v) is 9.85. The molecule has 0 aromatic carbocycles. The van der Waals surface area contributed by atoms with Crippen LogP contribution in [0.4, 0.5) is 5.82 Å². The van der Waals surface area contributed by atoms with Gasteiger partial charge in [-0.1, -0.05) is 11.3 Å². The molecule has 0 saturated heterocycles. The maximum atomic E-state index is 11.7. The number of rotatable bonds is 5. The number of carbonyl (C=O) groups excluding carboxylic acids is 1. The second-order valence-electron chi connectivity index (χ2n) is 3.78. The molecule has 1 amide bonds. The van der Waals surface area contributed by atoms with Gasteiger partial charge in [0, 0.05) is 12.4 Å². The molecule has 0 aliphatic heterocycles. The number of carbonyl (C=O) groups is 2. The first kappa shape index (κ1) is 12.7. The molecule has 2 heterocycles. The van der Waals surface area contributed by atoms with Crippen LogP contribution in [-0.4, -0.2) is 37.0 Å². The first-order chi connectivity index (χ1) is 9.13. The smallest absolute Gasteiger partial charge is 0.325 e. The molecule has 0 spiro atoms. The van der Waals surface area contributed by atoms with E-state index in [9.17, 15) is 9.59 Å². The number of hydrogen-bond acceptors (Lipinski definition) is 5. The number of hydrogen-bond donors (Lipinski definition) is 2. The van der Waals surface area contributed by atoms with Crippen molar-refractivity contribution in [3.63, 3.8) is 0 Å². The minimum atomic E-state index is -1.03. The molecule has 2 N–H and O–H groups in total. The molecule has 0 bridgehead atoms. The van der Waals surface area contributed by atoms with Crippen molar-refractivity contribution in [1.29, 1.82) is 0 Å². The van der Waals surface area contributed by atoms with Crippen LogP contribution in [0.2, 0.25) is 0 Å². The number of aliphatic carboxylic acids is 1. The Morgan fingerprint density at radius 1 is 1.42 bits per heavy atom. The molecular formula is C11H11N5O3. The van der Waals surface area contributed by atoms with Crippen LogP contribution >= 0.6 is 0 Å². The SMILES string of the molecule is O=C(O)Cn1cc(NC(=O)Cc2cccnc2)nn1. The van der Waals surface area contributed by atoms with Crippen LogP contribution in [0.25, 0.3) is 0 Å². The second-order valence-corrected chi connectivity index (χ2v) is 3.78. The highest BCUT2D eigenvalue weighted by Crippen LogP contribution is 2.03. The van der Waals surface area contributed by atoms with Gasteiger partial charge in [-0.05, 0) is 11.6 Å². The van der Waals surface area contributed by atoms with Crippen LogP contribution in [0.1, 0.15) is 5.56 Å². The quantitative estimate of drug-likeness (QED) is 0.780. The third-order valence-electron chi connectivity index (χ3n) is 2.19. The summed E-state index contributed by atoms with van der Waals surface area (Å²) in [6.07, 6.45) is 4.74. The van der Waals surface area contributed by atoms with E-state index in [-0.39, 0.29) is 24.7 Å². The predicted molar refractivity (Wildman–Crippen MR) is 64.2 cm³/mol. The fourth-order valence-electron chi connectivity index (χ4n) is 1.45. The third kappa shape index (κ3) is 3.87. The number of aromatic nitrogens is 4. The molecule has 0 atom stereocenters. The van der Waals surface area contributed by atoms with E-state index in [1.165, 1.54) is 6.20 Å². The Hall–Kier alpha value is -2.77. The van der Waals surface area contributed by atoms with Crippen molar-refractivity contribution >= 4 is 17.7 Å². The zero-order chi connectivity index (χ0) is 13.7. The predicted octanol–water partition coefficient (Wildman–Crippen LogP) is -0.0611. The van der Waals surface area contributed by atoms with E-state index in [0.29, 0.717) is 0 Å². The Bertz CT molecular complexity index is 581. The van der Waals surface area contributed by atoms with Crippen LogP contribution in [-0.2, 0) is 22.6 Å². The Labute approximate surface area is 108 Å². The fraction of sp³-hybridized carbons (Fsp3) is 0.182. The summed E-state index contributed by atoms with van der Waals surface area (Å²) < 4.78 is 1.13. The van der Waals surface area contributed by atoms with E-state index in [1.807, 2.05) is 0 Å². The topological polar surface area (TPSA) is 110 Å². The highest BCUT2D eigenvalue weighted by Gasteiger charge is 2.08. The molecule has 0 radical (unpaired) electrons. The van der Waals surface area contributed by atoms with Gasteiger partial charge in [0.05, 0.1) is 12.6 Å². The number of pyridine rings is 1. The first-order valence-corrected chi connectivity index (χ1v) is 5.44. The van der Waals surface area contributed by atoms with Crippen LogP contribution in [0.3, 0.4) is 0 Å².